The summed E-state index contributed by atoms with van der Waals surface area (Å²) in [6, 6.07) is 2.15. The SMILES string of the molecule is Cc1cc(Br)cnc1SC1CCCC(C)C1. The van der Waals surface area contributed by atoms with Crippen LogP contribution in [0.25, 0.3) is 0 Å². The van der Waals surface area contributed by atoms with E-state index in [9.17, 15) is 0 Å². The lowest BCUT2D eigenvalue weighted by atomic mass is 9.91. The number of rotatable bonds is 2. The van der Waals surface area contributed by atoms with Crippen LogP contribution in [-0.4, -0.2) is 10.2 Å². The molecule has 1 aromatic rings. The van der Waals surface area contributed by atoms with Gasteiger partial charge in [0.2, 0.25) is 0 Å². The fourth-order valence-corrected chi connectivity index (χ4v) is 4.12. The maximum Gasteiger partial charge on any atom is 0.0992 e. The van der Waals surface area contributed by atoms with Gasteiger partial charge in [0.15, 0.2) is 0 Å². The van der Waals surface area contributed by atoms with Crippen LogP contribution >= 0.6 is 27.7 Å². The second-order valence-corrected chi connectivity index (χ2v) is 6.99. The van der Waals surface area contributed by atoms with Crippen LogP contribution in [0.1, 0.15) is 38.2 Å². The smallest absolute Gasteiger partial charge is 0.0992 e. The highest BCUT2D eigenvalue weighted by Crippen LogP contribution is 2.36. The van der Waals surface area contributed by atoms with Crippen molar-refractivity contribution >= 4 is 27.7 Å². The van der Waals surface area contributed by atoms with Crippen LogP contribution in [-0.2, 0) is 0 Å². The number of hydrogen-bond acceptors (Lipinski definition) is 2. The number of pyridine rings is 1. The average molecular weight is 300 g/mol. The Morgan fingerprint density at radius 2 is 2.25 bits per heavy atom. The Balaban J connectivity index is 2.02. The number of hydrogen-bond donors (Lipinski definition) is 0. The molecule has 1 heterocycles. The van der Waals surface area contributed by atoms with Crippen molar-refractivity contribution in [2.24, 2.45) is 5.92 Å². The lowest BCUT2D eigenvalue weighted by Crippen LogP contribution is -2.15. The molecule has 0 amide bonds. The molecular formula is C13H18BrNS. The first-order valence-corrected chi connectivity index (χ1v) is 7.61. The van der Waals surface area contributed by atoms with Crippen molar-refractivity contribution in [3.05, 3.63) is 22.3 Å². The molecule has 1 aliphatic rings. The summed E-state index contributed by atoms with van der Waals surface area (Å²) in [5, 5.41) is 1.98. The third kappa shape index (κ3) is 3.24. The molecule has 88 valence electrons. The molecule has 0 spiro atoms. The summed E-state index contributed by atoms with van der Waals surface area (Å²) in [6.45, 7) is 4.51. The highest BCUT2D eigenvalue weighted by atomic mass is 79.9. The molecule has 0 bridgehead atoms. The quantitative estimate of drug-likeness (QED) is 0.776. The monoisotopic (exact) mass is 299 g/mol. The molecule has 1 nitrogen and oxygen atoms in total. The predicted molar refractivity (Wildman–Crippen MR) is 74.0 cm³/mol. The summed E-state index contributed by atoms with van der Waals surface area (Å²) in [4.78, 5) is 4.51. The van der Waals surface area contributed by atoms with E-state index in [1.165, 1.54) is 36.3 Å². The Morgan fingerprint density at radius 1 is 1.44 bits per heavy atom. The second kappa shape index (κ2) is 5.54. The minimum Gasteiger partial charge on any atom is -0.248 e. The van der Waals surface area contributed by atoms with Crippen LogP contribution in [0.2, 0.25) is 0 Å². The zero-order chi connectivity index (χ0) is 11.5. The van der Waals surface area contributed by atoms with Crippen LogP contribution < -0.4 is 0 Å². The van der Waals surface area contributed by atoms with Gasteiger partial charge >= 0.3 is 0 Å². The van der Waals surface area contributed by atoms with E-state index in [0.717, 1.165) is 15.6 Å². The van der Waals surface area contributed by atoms with E-state index >= 15 is 0 Å². The van der Waals surface area contributed by atoms with Crippen molar-refractivity contribution in [2.75, 3.05) is 0 Å². The number of aryl methyl sites for hydroxylation is 1. The second-order valence-electron chi connectivity index (χ2n) is 4.79. The molecule has 2 atom stereocenters. The fraction of sp³-hybridized carbons (Fsp3) is 0.615. The highest BCUT2D eigenvalue weighted by Gasteiger charge is 2.20. The molecule has 0 N–H and O–H groups in total. The lowest BCUT2D eigenvalue weighted by Gasteiger charge is -2.26. The maximum absolute atomic E-state index is 4.51. The van der Waals surface area contributed by atoms with E-state index in [1.54, 1.807) is 0 Å². The van der Waals surface area contributed by atoms with Gasteiger partial charge in [-0.15, -0.1) is 11.8 Å². The van der Waals surface area contributed by atoms with Gasteiger partial charge in [-0.25, -0.2) is 4.98 Å². The molecule has 1 saturated carbocycles. The van der Waals surface area contributed by atoms with Crippen molar-refractivity contribution < 1.29 is 0 Å². The molecule has 1 fully saturated rings. The standard InChI is InChI=1S/C13H18BrNS/c1-9-4-3-5-12(6-9)16-13-10(2)7-11(14)8-15-13/h7-9,12H,3-6H2,1-2H3. The van der Waals surface area contributed by atoms with Crippen LogP contribution in [0.3, 0.4) is 0 Å². The molecule has 1 aromatic heterocycles. The molecule has 0 aromatic carbocycles. The van der Waals surface area contributed by atoms with Crippen molar-refractivity contribution in [1.29, 1.82) is 0 Å². The Morgan fingerprint density at radius 3 is 2.94 bits per heavy atom. The van der Waals surface area contributed by atoms with Gasteiger partial charge in [-0.3, -0.25) is 0 Å². The third-order valence-electron chi connectivity index (χ3n) is 3.16. The van der Waals surface area contributed by atoms with Crippen molar-refractivity contribution in [1.82, 2.24) is 4.98 Å². The van der Waals surface area contributed by atoms with Gasteiger partial charge in [0, 0.05) is 15.9 Å². The van der Waals surface area contributed by atoms with E-state index in [4.69, 9.17) is 0 Å². The van der Waals surface area contributed by atoms with Crippen molar-refractivity contribution in [3.63, 3.8) is 0 Å². The van der Waals surface area contributed by atoms with Crippen LogP contribution in [0.4, 0.5) is 0 Å². The molecule has 2 rings (SSSR count). The first kappa shape index (κ1) is 12.4. The molecule has 2 unspecified atom stereocenters. The van der Waals surface area contributed by atoms with E-state index in [1.807, 2.05) is 18.0 Å². The Bertz CT molecular complexity index is 367. The summed E-state index contributed by atoms with van der Waals surface area (Å²) < 4.78 is 1.08. The van der Waals surface area contributed by atoms with Crippen molar-refractivity contribution in [3.8, 4) is 0 Å². The first-order valence-electron chi connectivity index (χ1n) is 5.94. The number of halogens is 1. The normalized spacial score (nSPS) is 25.7. The summed E-state index contributed by atoms with van der Waals surface area (Å²) in [5.41, 5.74) is 1.29. The highest BCUT2D eigenvalue weighted by molar-refractivity contribution is 9.10. The van der Waals surface area contributed by atoms with Crippen LogP contribution in [0.15, 0.2) is 21.8 Å². The largest absolute Gasteiger partial charge is 0.248 e. The number of thioether (sulfide) groups is 1. The van der Waals surface area contributed by atoms with Crippen LogP contribution in [0, 0.1) is 12.8 Å². The topological polar surface area (TPSA) is 12.9 Å². The molecule has 1 aliphatic carbocycles. The van der Waals surface area contributed by atoms with Gasteiger partial charge in [0.05, 0.1) is 5.03 Å². The molecule has 16 heavy (non-hydrogen) atoms. The van der Waals surface area contributed by atoms with Gasteiger partial charge in [0.25, 0.3) is 0 Å². The minimum atomic E-state index is 0.774. The minimum absolute atomic E-state index is 0.774. The first-order chi connectivity index (χ1) is 7.65. The Hall–Kier alpha value is -0.0200. The predicted octanol–water partition coefficient (Wildman–Crippen LogP) is 4.82. The fourth-order valence-electron chi connectivity index (χ4n) is 2.29. The summed E-state index contributed by atoms with van der Waals surface area (Å²) in [5.74, 6) is 0.891. The van der Waals surface area contributed by atoms with Gasteiger partial charge in [-0.05, 0) is 53.2 Å². The molecule has 0 saturated heterocycles. The number of nitrogens with zero attached hydrogens (tertiary/aromatic N) is 1. The third-order valence-corrected chi connectivity index (χ3v) is 5.01. The molecule has 0 aliphatic heterocycles. The zero-order valence-corrected chi connectivity index (χ0v) is 12.3. The Kier molecular flexibility index (Phi) is 4.31. The van der Waals surface area contributed by atoms with Gasteiger partial charge in [-0.2, -0.15) is 0 Å². The average Bonchev–Trinajstić information content (AvgIpc) is 2.22. The molecule has 0 radical (unpaired) electrons. The molecular weight excluding hydrogens is 282 g/mol. The van der Waals surface area contributed by atoms with Gasteiger partial charge in [0.1, 0.15) is 0 Å². The lowest BCUT2D eigenvalue weighted by molar-refractivity contribution is 0.394. The molecule has 3 heteroatoms. The number of aromatic nitrogens is 1. The van der Waals surface area contributed by atoms with E-state index < -0.39 is 0 Å². The van der Waals surface area contributed by atoms with Gasteiger partial charge < -0.3 is 0 Å². The maximum atomic E-state index is 4.51. The summed E-state index contributed by atoms with van der Waals surface area (Å²) in [6.07, 6.45) is 7.40. The van der Waals surface area contributed by atoms with Crippen LogP contribution in [0.5, 0.6) is 0 Å². The summed E-state index contributed by atoms with van der Waals surface area (Å²) >= 11 is 5.43. The zero-order valence-electron chi connectivity index (χ0n) is 9.87. The Labute approximate surface area is 111 Å². The van der Waals surface area contributed by atoms with E-state index in [2.05, 4.69) is 40.8 Å². The van der Waals surface area contributed by atoms with E-state index in [0.29, 0.717) is 0 Å². The van der Waals surface area contributed by atoms with Crippen molar-refractivity contribution in [2.45, 2.75) is 49.8 Å². The van der Waals surface area contributed by atoms with Gasteiger partial charge in [-0.1, -0.05) is 19.8 Å². The summed E-state index contributed by atoms with van der Waals surface area (Å²) in [7, 11) is 0. The van der Waals surface area contributed by atoms with E-state index in [-0.39, 0.29) is 0 Å².